The summed E-state index contributed by atoms with van der Waals surface area (Å²) in [6.07, 6.45) is 0. The first-order chi connectivity index (χ1) is 8.86. The van der Waals surface area contributed by atoms with Gasteiger partial charge in [-0.05, 0) is 19.1 Å². The average Bonchev–Trinajstić information content (AvgIpc) is 2.33. The molecule has 0 aliphatic heterocycles. The highest BCUT2D eigenvalue weighted by Crippen LogP contribution is 2.18. The zero-order valence-corrected chi connectivity index (χ0v) is 9.80. The summed E-state index contributed by atoms with van der Waals surface area (Å²) >= 11 is 0. The second-order valence-electron chi connectivity index (χ2n) is 3.37. The van der Waals surface area contributed by atoms with E-state index < -0.39 is 29.3 Å². The van der Waals surface area contributed by atoms with Crippen LogP contribution in [0.4, 0.5) is 14.5 Å². The number of carbonyl (C=O) groups is 2. The standard InChI is InChI=1S/C11H10F2N2O4/c1-2-15(14-9(10(16)17)11(18)19)6-3-4-7(12)8(13)5-6/h3-5H,2H2,1H3,(H,16,17)(H,18,19). The molecule has 6 nitrogen and oxygen atoms in total. The lowest BCUT2D eigenvalue weighted by molar-refractivity contribution is -0.134. The van der Waals surface area contributed by atoms with Crippen molar-refractivity contribution in [3.05, 3.63) is 29.8 Å². The summed E-state index contributed by atoms with van der Waals surface area (Å²) in [5, 5.41) is 21.7. The largest absolute Gasteiger partial charge is 0.476 e. The highest BCUT2D eigenvalue weighted by Gasteiger charge is 2.20. The summed E-state index contributed by atoms with van der Waals surface area (Å²) < 4.78 is 25.8. The molecule has 102 valence electrons. The summed E-state index contributed by atoms with van der Waals surface area (Å²) in [7, 11) is 0. The lowest BCUT2D eigenvalue weighted by Gasteiger charge is -2.17. The Hall–Kier alpha value is -2.51. The highest BCUT2D eigenvalue weighted by atomic mass is 19.2. The van der Waals surface area contributed by atoms with Gasteiger partial charge in [0.05, 0.1) is 5.69 Å². The van der Waals surface area contributed by atoms with Crippen LogP contribution in [0.1, 0.15) is 6.92 Å². The van der Waals surface area contributed by atoms with Crippen molar-refractivity contribution in [3.8, 4) is 0 Å². The van der Waals surface area contributed by atoms with Gasteiger partial charge in [-0.2, -0.15) is 5.10 Å². The molecule has 2 N–H and O–H groups in total. The van der Waals surface area contributed by atoms with E-state index in [-0.39, 0.29) is 12.2 Å². The fourth-order valence-electron chi connectivity index (χ4n) is 1.25. The molecule has 0 aliphatic rings. The van der Waals surface area contributed by atoms with Crippen LogP contribution in [-0.4, -0.2) is 34.4 Å². The Morgan fingerprint density at radius 3 is 2.21 bits per heavy atom. The number of benzene rings is 1. The maximum atomic E-state index is 13.0. The Morgan fingerprint density at radius 2 is 1.79 bits per heavy atom. The van der Waals surface area contributed by atoms with Crippen molar-refractivity contribution >= 4 is 23.3 Å². The molecule has 0 fully saturated rings. The van der Waals surface area contributed by atoms with Crippen LogP contribution < -0.4 is 5.01 Å². The van der Waals surface area contributed by atoms with Crippen LogP contribution >= 0.6 is 0 Å². The number of aliphatic carboxylic acids is 2. The number of carboxylic acids is 2. The summed E-state index contributed by atoms with van der Waals surface area (Å²) in [5.74, 6) is -5.67. The van der Waals surface area contributed by atoms with E-state index in [0.717, 1.165) is 23.2 Å². The fraction of sp³-hybridized carbons (Fsp3) is 0.182. The van der Waals surface area contributed by atoms with Crippen molar-refractivity contribution in [2.24, 2.45) is 5.10 Å². The highest BCUT2D eigenvalue weighted by molar-refractivity contribution is 6.61. The molecule has 0 bridgehead atoms. The normalized spacial score (nSPS) is 9.84. The summed E-state index contributed by atoms with van der Waals surface area (Å²) in [5.41, 5.74) is -1.08. The molecule has 0 saturated heterocycles. The number of hydrogen-bond acceptors (Lipinski definition) is 4. The molecule has 19 heavy (non-hydrogen) atoms. The molecule has 0 atom stereocenters. The molecule has 0 aliphatic carbocycles. The molecule has 0 heterocycles. The Morgan fingerprint density at radius 1 is 1.21 bits per heavy atom. The quantitative estimate of drug-likeness (QED) is 0.479. The lowest BCUT2D eigenvalue weighted by atomic mass is 10.3. The summed E-state index contributed by atoms with van der Waals surface area (Å²) in [4.78, 5) is 21.3. The van der Waals surface area contributed by atoms with Gasteiger partial charge in [0.25, 0.3) is 5.71 Å². The minimum atomic E-state index is -1.73. The first-order valence-electron chi connectivity index (χ1n) is 5.14. The van der Waals surface area contributed by atoms with Gasteiger partial charge in [0.2, 0.25) is 0 Å². The summed E-state index contributed by atoms with van der Waals surface area (Å²) in [6.45, 7) is 1.63. The molecule has 1 aromatic carbocycles. The van der Waals surface area contributed by atoms with Gasteiger partial charge in [0.1, 0.15) is 0 Å². The third-order valence-electron chi connectivity index (χ3n) is 2.13. The Bertz CT molecular complexity index is 529. The second-order valence-corrected chi connectivity index (χ2v) is 3.37. The number of nitrogens with zero attached hydrogens (tertiary/aromatic N) is 2. The Balaban J connectivity index is 3.19. The average molecular weight is 272 g/mol. The first-order valence-corrected chi connectivity index (χ1v) is 5.14. The second kappa shape index (κ2) is 5.89. The van der Waals surface area contributed by atoms with E-state index >= 15 is 0 Å². The molecule has 1 rings (SSSR count). The van der Waals surface area contributed by atoms with Gasteiger partial charge in [-0.1, -0.05) is 0 Å². The van der Waals surface area contributed by atoms with E-state index in [0.29, 0.717) is 0 Å². The number of hydrazone groups is 1. The fourth-order valence-corrected chi connectivity index (χ4v) is 1.25. The molecule has 0 saturated carbocycles. The molecule has 1 aromatic rings. The van der Waals surface area contributed by atoms with Crippen LogP contribution in [0, 0.1) is 11.6 Å². The van der Waals surface area contributed by atoms with Crippen LogP contribution in [0.25, 0.3) is 0 Å². The number of carboxylic acid groups (broad SMARTS) is 2. The topological polar surface area (TPSA) is 90.2 Å². The van der Waals surface area contributed by atoms with Crippen molar-refractivity contribution in [1.29, 1.82) is 0 Å². The van der Waals surface area contributed by atoms with E-state index in [1.165, 1.54) is 0 Å². The first kappa shape index (κ1) is 14.6. The van der Waals surface area contributed by atoms with Crippen molar-refractivity contribution in [2.75, 3.05) is 11.6 Å². The van der Waals surface area contributed by atoms with Gasteiger partial charge in [0.15, 0.2) is 11.6 Å². The minimum Gasteiger partial charge on any atom is -0.476 e. The third kappa shape index (κ3) is 3.47. The molecule has 0 spiro atoms. The number of rotatable bonds is 5. The molecule has 0 aromatic heterocycles. The monoisotopic (exact) mass is 272 g/mol. The van der Waals surface area contributed by atoms with Crippen LogP contribution in [-0.2, 0) is 9.59 Å². The lowest BCUT2D eigenvalue weighted by Crippen LogP contribution is -2.28. The van der Waals surface area contributed by atoms with Crippen LogP contribution in [0.3, 0.4) is 0 Å². The maximum absolute atomic E-state index is 13.0. The smallest absolute Gasteiger partial charge is 0.364 e. The molecule has 0 radical (unpaired) electrons. The van der Waals surface area contributed by atoms with Gasteiger partial charge >= 0.3 is 11.9 Å². The Labute approximate surface area is 106 Å². The zero-order chi connectivity index (χ0) is 14.6. The van der Waals surface area contributed by atoms with E-state index in [2.05, 4.69) is 5.10 Å². The van der Waals surface area contributed by atoms with Gasteiger partial charge in [-0.15, -0.1) is 0 Å². The predicted molar refractivity (Wildman–Crippen MR) is 62.1 cm³/mol. The molecule has 8 heteroatoms. The third-order valence-corrected chi connectivity index (χ3v) is 2.13. The Kier molecular flexibility index (Phi) is 4.51. The number of hydrogen-bond donors (Lipinski definition) is 2. The van der Waals surface area contributed by atoms with Gasteiger partial charge in [0, 0.05) is 12.6 Å². The minimum absolute atomic E-state index is 0.0430. The number of anilines is 1. The predicted octanol–water partition coefficient (Wildman–Crippen LogP) is 1.32. The molecule has 0 amide bonds. The van der Waals surface area contributed by atoms with Gasteiger partial charge in [-0.3, -0.25) is 5.01 Å². The molecule has 0 unspecified atom stereocenters. The van der Waals surface area contributed by atoms with Gasteiger partial charge < -0.3 is 10.2 Å². The SMILES string of the molecule is CCN(N=C(C(=O)O)C(=O)O)c1ccc(F)c(F)c1. The van der Waals surface area contributed by atoms with E-state index in [1.807, 2.05) is 0 Å². The van der Waals surface area contributed by atoms with E-state index in [4.69, 9.17) is 10.2 Å². The number of halogens is 2. The van der Waals surface area contributed by atoms with Crippen LogP contribution in [0.5, 0.6) is 0 Å². The van der Waals surface area contributed by atoms with Crippen molar-refractivity contribution < 1.29 is 28.6 Å². The van der Waals surface area contributed by atoms with Crippen molar-refractivity contribution in [2.45, 2.75) is 6.92 Å². The molecular formula is C11H10F2N2O4. The van der Waals surface area contributed by atoms with Crippen LogP contribution in [0.2, 0.25) is 0 Å². The summed E-state index contributed by atoms with van der Waals surface area (Å²) in [6, 6.07) is 2.79. The van der Waals surface area contributed by atoms with Crippen molar-refractivity contribution in [1.82, 2.24) is 0 Å². The van der Waals surface area contributed by atoms with Crippen LogP contribution in [0.15, 0.2) is 23.3 Å². The molecular weight excluding hydrogens is 262 g/mol. The van der Waals surface area contributed by atoms with Gasteiger partial charge in [-0.25, -0.2) is 18.4 Å². The van der Waals surface area contributed by atoms with Crippen molar-refractivity contribution in [3.63, 3.8) is 0 Å². The zero-order valence-electron chi connectivity index (χ0n) is 9.80. The van der Waals surface area contributed by atoms with E-state index in [9.17, 15) is 18.4 Å². The van der Waals surface area contributed by atoms with E-state index in [1.54, 1.807) is 6.92 Å². The maximum Gasteiger partial charge on any atom is 0.364 e.